The predicted octanol–water partition coefficient (Wildman–Crippen LogP) is 2.76. The van der Waals surface area contributed by atoms with Crippen LogP contribution >= 0.6 is 0 Å². The summed E-state index contributed by atoms with van der Waals surface area (Å²) < 4.78 is 1.69. The maximum Gasteiger partial charge on any atom is 0.240 e. The molecule has 2 N–H and O–H groups in total. The number of anilines is 2. The monoisotopic (exact) mass is 344 g/mol. The maximum atomic E-state index is 13.0. The van der Waals surface area contributed by atoms with Crippen LogP contribution in [0.4, 0.5) is 11.5 Å². The van der Waals surface area contributed by atoms with Crippen LogP contribution in [0.5, 0.6) is 0 Å². The van der Waals surface area contributed by atoms with Gasteiger partial charge in [0, 0.05) is 17.7 Å². The minimum atomic E-state index is -1.03. The summed E-state index contributed by atoms with van der Waals surface area (Å²) in [7, 11) is 0. The summed E-state index contributed by atoms with van der Waals surface area (Å²) in [6.07, 6.45) is 1.77. The van der Waals surface area contributed by atoms with Crippen molar-refractivity contribution in [3.8, 4) is 5.69 Å². The Morgan fingerprint density at radius 3 is 2.73 bits per heavy atom. The van der Waals surface area contributed by atoms with Crippen LogP contribution in [-0.2, 0) is 15.0 Å². The number of nitrogens with one attached hydrogen (secondary N) is 2. The van der Waals surface area contributed by atoms with Gasteiger partial charge >= 0.3 is 0 Å². The van der Waals surface area contributed by atoms with E-state index in [0.717, 1.165) is 28.1 Å². The fraction of sp³-hybridized carbons (Fsp3) is 0.150. The summed E-state index contributed by atoms with van der Waals surface area (Å²) in [4.78, 5) is 25.5. The molecule has 1 unspecified atom stereocenters. The van der Waals surface area contributed by atoms with Gasteiger partial charge in [0.05, 0.1) is 11.9 Å². The highest BCUT2D eigenvalue weighted by Gasteiger charge is 2.54. The third-order valence-corrected chi connectivity index (χ3v) is 5.18. The number of aromatic nitrogens is 2. The summed E-state index contributed by atoms with van der Waals surface area (Å²) in [5.41, 5.74) is 3.20. The Hall–Kier alpha value is -3.41. The topological polar surface area (TPSA) is 76.0 Å². The molecule has 3 heterocycles. The van der Waals surface area contributed by atoms with Crippen molar-refractivity contribution in [3.63, 3.8) is 0 Å². The highest BCUT2D eigenvalue weighted by molar-refractivity contribution is 6.14. The number of rotatable bonds is 1. The van der Waals surface area contributed by atoms with Crippen LogP contribution in [0, 0.1) is 6.92 Å². The van der Waals surface area contributed by atoms with Gasteiger partial charge in [0.2, 0.25) is 11.8 Å². The molecule has 1 spiro atoms. The molecule has 1 atom stereocenters. The lowest BCUT2D eigenvalue weighted by atomic mass is 9.72. The van der Waals surface area contributed by atoms with Gasteiger partial charge in [-0.25, -0.2) is 4.68 Å². The van der Waals surface area contributed by atoms with Crippen molar-refractivity contribution in [3.05, 3.63) is 71.4 Å². The van der Waals surface area contributed by atoms with Crippen LogP contribution in [0.25, 0.3) is 5.69 Å². The van der Waals surface area contributed by atoms with Crippen LogP contribution in [0.1, 0.15) is 23.1 Å². The number of fused-ring (bicyclic) bond motifs is 4. The number of nitrogens with zero attached hydrogens (tertiary/aromatic N) is 2. The van der Waals surface area contributed by atoms with E-state index < -0.39 is 5.41 Å². The van der Waals surface area contributed by atoms with Gasteiger partial charge in [0.25, 0.3) is 0 Å². The molecule has 0 bridgehead atoms. The van der Waals surface area contributed by atoms with E-state index in [2.05, 4.69) is 15.7 Å². The molecule has 5 rings (SSSR count). The van der Waals surface area contributed by atoms with Gasteiger partial charge in [-0.3, -0.25) is 9.59 Å². The zero-order valence-corrected chi connectivity index (χ0v) is 14.1. The number of amides is 2. The predicted molar refractivity (Wildman–Crippen MR) is 97.4 cm³/mol. The van der Waals surface area contributed by atoms with E-state index in [9.17, 15) is 9.59 Å². The minimum Gasteiger partial charge on any atom is -0.325 e. The van der Waals surface area contributed by atoms with Crippen molar-refractivity contribution in [1.82, 2.24) is 9.78 Å². The first-order valence-electron chi connectivity index (χ1n) is 8.46. The van der Waals surface area contributed by atoms with E-state index in [1.807, 2.05) is 55.5 Å². The second-order valence-corrected chi connectivity index (χ2v) is 6.79. The first-order chi connectivity index (χ1) is 12.6. The smallest absolute Gasteiger partial charge is 0.240 e. The Balaban J connectivity index is 1.77. The molecule has 128 valence electrons. The van der Waals surface area contributed by atoms with E-state index in [1.165, 1.54) is 0 Å². The molecular weight excluding hydrogens is 328 g/mol. The van der Waals surface area contributed by atoms with Crippen LogP contribution < -0.4 is 10.6 Å². The minimum absolute atomic E-state index is 0.0718. The third kappa shape index (κ3) is 1.84. The number of para-hydroxylation sites is 1. The molecule has 0 fully saturated rings. The van der Waals surface area contributed by atoms with Crippen molar-refractivity contribution < 1.29 is 9.59 Å². The number of aryl methyl sites for hydroxylation is 1. The number of carbonyl (C=O) groups is 2. The highest BCUT2D eigenvalue weighted by Crippen LogP contribution is 2.49. The lowest BCUT2D eigenvalue weighted by molar-refractivity contribution is -0.125. The molecule has 2 amide bonds. The number of hydrogen-bond acceptors (Lipinski definition) is 3. The first-order valence-corrected chi connectivity index (χ1v) is 8.46. The van der Waals surface area contributed by atoms with Crippen molar-refractivity contribution in [2.24, 2.45) is 0 Å². The Bertz CT molecular complexity index is 1080. The van der Waals surface area contributed by atoms with Crippen LogP contribution in [0.2, 0.25) is 0 Å². The van der Waals surface area contributed by atoms with E-state index in [4.69, 9.17) is 0 Å². The standard InChI is InChI=1S/C20H16N4O2/c1-12-5-4-6-13(9-12)24-18-15(11-21-24)20(10-17(25)23-18)14-7-2-3-8-16(14)22-19(20)26/h2-9,11H,10H2,1H3,(H,22,26)(H,23,25). The molecule has 0 saturated heterocycles. The summed E-state index contributed by atoms with van der Waals surface area (Å²) >= 11 is 0. The van der Waals surface area contributed by atoms with Gasteiger partial charge in [-0.05, 0) is 36.2 Å². The number of hydrogen-bond donors (Lipinski definition) is 2. The van der Waals surface area contributed by atoms with E-state index in [-0.39, 0.29) is 18.2 Å². The highest BCUT2D eigenvalue weighted by atomic mass is 16.2. The lowest BCUT2D eigenvalue weighted by Gasteiger charge is -2.31. The summed E-state index contributed by atoms with van der Waals surface area (Å²) in [5, 5.41) is 10.3. The van der Waals surface area contributed by atoms with Crippen molar-refractivity contribution in [2.45, 2.75) is 18.8 Å². The van der Waals surface area contributed by atoms with Crippen LogP contribution in [-0.4, -0.2) is 21.6 Å². The summed E-state index contributed by atoms with van der Waals surface area (Å²) in [6.45, 7) is 2.00. The van der Waals surface area contributed by atoms with Crippen LogP contribution in [0.3, 0.4) is 0 Å². The van der Waals surface area contributed by atoms with Gasteiger partial charge in [-0.1, -0.05) is 30.3 Å². The Labute approximate surface area is 149 Å². The fourth-order valence-corrected chi connectivity index (χ4v) is 4.01. The lowest BCUT2D eigenvalue weighted by Crippen LogP contribution is -2.43. The fourth-order valence-electron chi connectivity index (χ4n) is 4.01. The van der Waals surface area contributed by atoms with Crippen molar-refractivity contribution in [2.75, 3.05) is 10.6 Å². The Morgan fingerprint density at radius 2 is 1.88 bits per heavy atom. The summed E-state index contributed by atoms with van der Waals surface area (Å²) in [6, 6.07) is 15.4. The zero-order valence-electron chi connectivity index (χ0n) is 14.1. The van der Waals surface area contributed by atoms with E-state index in [1.54, 1.807) is 10.9 Å². The molecule has 0 saturated carbocycles. The van der Waals surface area contributed by atoms with Gasteiger partial charge in [-0.15, -0.1) is 0 Å². The first kappa shape index (κ1) is 14.9. The molecule has 3 aromatic rings. The third-order valence-electron chi connectivity index (χ3n) is 5.18. The molecule has 2 aliphatic heterocycles. The van der Waals surface area contributed by atoms with Gasteiger partial charge in [0.15, 0.2) is 0 Å². The van der Waals surface area contributed by atoms with E-state index in [0.29, 0.717) is 5.82 Å². The van der Waals surface area contributed by atoms with E-state index >= 15 is 0 Å². The molecule has 26 heavy (non-hydrogen) atoms. The second kappa shape index (κ2) is 5.05. The van der Waals surface area contributed by atoms with Gasteiger partial charge in [0.1, 0.15) is 11.2 Å². The quantitative estimate of drug-likeness (QED) is 0.713. The van der Waals surface area contributed by atoms with Crippen molar-refractivity contribution >= 4 is 23.3 Å². The molecule has 0 aliphatic carbocycles. The van der Waals surface area contributed by atoms with Crippen molar-refractivity contribution in [1.29, 1.82) is 0 Å². The molecule has 6 heteroatoms. The molecule has 6 nitrogen and oxygen atoms in total. The molecule has 2 aromatic carbocycles. The normalized spacial score (nSPS) is 20.5. The number of benzene rings is 2. The molecule has 0 radical (unpaired) electrons. The van der Waals surface area contributed by atoms with Crippen LogP contribution in [0.15, 0.2) is 54.7 Å². The molecule has 2 aliphatic rings. The zero-order chi connectivity index (χ0) is 17.9. The number of carbonyl (C=O) groups excluding carboxylic acids is 2. The summed E-state index contributed by atoms with van der Waals surface area (Å²) in [5.74, 6) is 0.177. The van der Waals surface area contributed by atoms with Gasteiger partial charge < -0.3 is 10.6 Å². The van der Waals surface area contributed by atoms with Gasteiger partial charge in [-0.2, -0.15) is 5.10 Å². The Kier molecular flexibility index (Phi) is 2.89. The largest absolute Gasteiger partial charge is 0.325 e. The Morgan fingerprint density at radius 1 is 1.04 bits per heavy atom. The SMILES string of the molecule is Cc1cccc(-n2ncc3c2NC(=O)CC32C(=O)Nc3ccccc32)c1. The molecule has 1 aromatic heterocycles. The average molecular weight is 344 g/mol. The second-order valence-electron chi connectivity index (χ2n) is 6.79. The maximum absolute atomic E-state index is 13.0. The molecular formula is C20H16N4O2. The average Bonchev–Trinajstić information content (AvgIpc) is 3.16.